The van der Waals surface area contributed by atoms with Crippen LogP contribution in [-0.2, 0) is 5.41 Å². The van der Waals surface area contributed by atoms with Crippen molar-refractivity contribution in [2.24, 2.45) is 0 Å². The van der Waals surface area contributed by atoms with Crippen LogP contribution in [0.2, 0.25) is 0 Å². The molecule has 0 unspecified atom stereocenters. The first-order valence-corrected chi connectivity index (χ1v) is 15.8. The highest BCUT2D eigenvalue weighted by molar-refractivity contribution is 7.25. The third-order valence-corrected chi connectivity index (χ3v) is 10.8. The van der Waals surface area contributed by atoms with Crippen molar-refractivity contribution in [1.29, 1.82) is 0 Å². The predicted octanol–water partition coefficient (Wildman–Crippen LogP) is 12.2. The second-order valence-electron chi connectivity index (χ2n) is 12.4. The van der Waals surface area contributed by atoms with E-state index >= 15 is 0 Å². The topological polar surface area (TPSA) is 13.6 Å². The SMILES string of the molecule is [C-]#[N+]c1ccc(-n2c3ccccc3c3cc([N+]#[C-])ccc32)c(-c2ccc3sc4cc5c(cc4c3c2)-c2ccccc2C5(C)C)c1. The highest BCUT2D eigenvalue weighted by Gasteiger charge is 2.35. The Labute approximate surface area is 264 Å². The molecule has 9 rings (SSSR count). The number of aromatic nitrogens is 1. The van der Waals surface area contributed by atoms with Gasteiger partial charge in [0.05, 0.1) is 29.9 Å². The van der Waals surface area contributed by atoms with E-state index in [0.717, 1.165) is 38.6 Å². The zero-order valence-corrected chi connectivity index (χ0v) is 25.5. The summed E-state index contributed by atoms with van der Waals surface area (Å²) in [5.41, 5.74) is 11.8. The van der Waals surface area contributed by atoms with Gasteiger partial charge in [0.1, 0.15) is 0 Å². The van der Waals surface area contributed by atoms with Crippen LogP contribution in [-0.4, -0.2) is 4.57 Å². The molecule has 0 bridgehead atoms. The van der Waals surface area contributed by atoms with Gasteiger partial charge < -0.3 is 4.57 Å². The molecule has 0 saturated carbocycles. The number of para-hydroxylation sites is 1. The van der Waals surface area contributed by atoms with Crippen LogP contribution in [0.5, 0.6) is 0 Å². The lowest BCUT2D eigenvalue weighted by atomic mass is 9.82. The van der Waals surface area contributed by atoms with E-state index in [1.54, 1.807) is 0 Å². The van der Waals surface area contributed by atoms with Crippen LogP contribution in [0, 0.1) is 13.1 Å². The Balaban J connectivity index is 1.31. The van der Waals surface area contributed by atoms with E-state index in [9.17, 15) is 0 Å². The molecule has 2 aromatic heterocycles. The third kappa shape index (κ3) is 3.55. The maximum Gasteiger partial charge on any atom is 0.188 e. The maximum absolute atomic E-state index is 7.82. The van der Waals surface area contributed by atoms with Crippen LogP contribution in [0.25, 0.3) is 79.6 Å². The van der Waals surface area contributed by atoms with Gasteiger partial charge >= 0.3 is 0 Å². The van der Waals surface area contributed by atoms with Gasteiger partial charge in [-0.3, -0.25) is 0 Å². The fourth-order valence-corrected chi connectivity index (χ4v) is 8.56. The lowest BCUT2D eigenvalue weighted by molar-refractivity contribution is 0.661. The molecule has 4 heteroatoms. The van der Waals surface area contributed by atoms with Crippen LogP contribution in [0.4, 0.5) is 11.4 Å². The predicted molar refractivity (Wildman–Crippen MR) is 189 cm³/mol. The fourth-order valence-electron chi connectivity index (χ4n) is 7.45. The number of hydrogen-bond donors (Lipinski definition) is 0. The zero-order valence-electron chi connectivity index (χ0n) is 24.7. The Bertz CT molecular complexity index is 2650. The minimum absolute atomic E-state index is 0.0333. The van der Waals surface area contributed by atoms with Gasteiger partial charge in [-0.1, -0.05) is 74.5 Å². The van der Waals surface area contributed by atoms with Crippen molar-refractivity contribution in [2.75, 3.05) is 0 Å². The summed E-state index contributed by atoms with van der Waals surface area (Å²) in [4.78, 5) is 7.51. The van der Waals surface area contributed by atoms with E-state index in [4.69, 9.17) is 13.1 Å². The summed E-state index contributed by atoms with van der Waals surface area (Å²) in [6.45, 7) is 20.1. The minimum atomic E-state index is -0.0333. The number of thiophene rings is 1. The van der Waals surface area contributed by atoms with Crippen molar-refractivity contribution in [1.82, 2.24) is 4.57 Å². The molecule has 45 heavy (non-hydrogen) atoms. The van der Waals surface area contributed by atoms with Crippen molar-refractivity contribution in [3.8, 4) is 27.9 Å². The summed E-state index contributed by atoms with van der Waals surface area (Å²) in [5.74, 6) is 0. The smallest absolute Gasteiger partial charge is 0.188 e. The number of nitrogens with zero attached hydrogens (tertiary/aromatic N) is 3. The highest BCUT2D eigenvalue weighted by Crippen LogP contribution is 2.51. The second kappa shape index (κ2) is 9.16. The quantitative estimate of drug-likeness (QED) is 0.178. The van der Waals surface area contributed by atoms with Crippen molar-refractivity contribution in [2.45, 2.75) is 19.3 Å². The molecule has 0 N–H and O–H groups in total. The van der Waals surface area contributed by atoms with Gasteiger partial charge in [0.2, 0.25) is 0 Å². The average molecular weight is 592 g/mol. The number of fused-ring (bicyclic) bond motifs is 9. The molecule has 3 nitrogen and oxygen atoms in total. The Hall–Kier alpha value is -5.68. The van der Waals surface area contributed by atoms with Crippen LogP contribution in [0.15, 0.2) is 115 Å². The van der Waals surface area contributed by atoms with Gasteiger partial charge in [-0.2, -0.15) is 0 Å². The fraction of sp³-hybridized carbons (Fsp3) is 0.0732. The maximum atomic E-state index is 7.82. The Morgan fingerprint density at radius 1 is 0.556 bits per heavy atom. The van der Waals surface area contributed by atoms with E-state index in [1.165, 1.54) is 42.4 Å². The molecule has 2 heterocycles. The summed E-state index contributed by atoms with van der Waals surface area (Å²) in [7, 11) is 0. The second-order valence-corrected chi connectivity index (χ2v) is 13.4. The van der Waals surface area contributed by atoms with E-state index in [2.05, 4.69) is 107 Å². The number of benzene rings is 6. The summed E-state index contributed by atoms with van der Waals surface area (Å²) >= 11 is 1.85. The summed E-state index contributed by atoms with van der Waals surface area (Å²) in [6.07, 6.45) is 0. The highest BCUT2D eigenvalue weighted by atomic mass is 32.1. The van der Waals surface area contributed by atoms with Crippen molar-refractivity contribution in [3.05, 3.63) is 149 Å². The summed E-state index contributed by atoms with van der Waals surface area (Å²) < 4.78 is 4.84. The first-order valence-electron chi connectivity index (χ1n) is 15.0. The van der Waals surface area contributed by atoms with E-state index in [-0.39, 0.29) is 5.41 Å². The molecule has 0 aliphatic heterocycles. The lowest BCUT2D eigenvalue weighted by Gasteiger charge is -2.21. The van der Waals surface area contributed by atoms with E-state index in [1.807, 2.05) is 47.7 Å². The summed E-state index contributed by atoms with van der Waals surface area (Å²) in [5, 5.41) is 4.67. The molecular weight excluding hydrogens is 567 g/mol. The van der Waals surface area contributed by atoms with Gasteiger partial charge in [-0.25, -0.2) is 9.69 Å². The van der Waals surface area contributed by atoms with Gasteiger partial charge in [-0.05, 0) is 93.4 Å². The normalized spacial score (nSPS) is 13.2. The third-order valence-electron chi connectivity index (χ3n) is 9.62. The van der Waals surface area contributed by atoms with Gasteiger partial charge in [0.25, 0.3) is 0 Å². The van der Waals surface area contributed by atoms with Gasteiger partial charge in [0, 0.05) is 31.0 Å². The number of rotatable bonds is 2. The molecule has 0 amide bonds. The van der Waals surface area contributed by atoms with E-state index < -0.39 is 0 Å². The largest absolute Gasteiger partial charge is 0.309 e. The molecular formula is C41H25N3S. The molecule has 8 aromatic rings. The first-order chi connectivity index (χ1) is 22.0. The number of hydrogen-bond acceptors (Lipinski definition) is 1. The van der Waals surface area contributed by atoms with Crippen LogP contribution >= 0.6 is 11.3 Å². The first kappa shape index (κ1) is 25.8. The zero-order chi connectivity index (χ0) is 30.4. The minimum Gasteiger partial charge on any atom is -0.309 e. The monoisotopic (exact) mass is 591 g/mol. The molecule has 1 aliphatic carbocycles. The molecule has 0 spiro atoms. The Morgan fingerprint density at radius 3 is 2.16 bits per heavy atom. The van der Waals surface area contributed by atoms with Crippen LogP contribution in [0.1, 0.15) is 25.0 Å². The standard InChI is InChI=1S/C41H25N3S/c1-41(2)34-11-7-5-9-27(34)30-22-33-32-19-24(13-18-39(32)45-40(33)23-35(30)41)29-20-25(42-3)14-16-37(29)44-36-12-8-6-10-28(36)31-21-26(43-4)15-17-38(31)44/h5-23H,1-2H3. The molecule has 0 saturated heterocycles. The Kier molecular flexibility index (Phi) is 5.25. The average Bonchev–Trinajstić information content (AvgIpc) is 3.68. The van der Waals surface area contributed by atoms with E-state index in [0.29, 0.717) is 11.4 Å². The molecule has 0 radical (unpaired) electrons. The Morgan fingerprint density at radius 2 is 1.29 bits per heavy atom. The van der Waals surface area contributed by atoms with Crippen LogP contribution in [0.3, 0.4) is 0 Å². The van der Waals surface area contributed by atoms with Crippen molar-refractivity contribution >= 4 is 64.7 Å². The molecule has 6 aromatic carbocycles. The van der Waals surface area contributed by atoms with Gasteiger partial charge in [0.15, 0.2) is 11.4 Å². The lowest BCUT2D eigenvalue weighted by Crippen LogP contribution is -2.14. The summed E-state index contributed by atoms with van der Waals surface area (Å²) in [6, 6.07) is 40.6. The molecule has 1 aliphatic rings. The van der Waals surface area contributed by atoms with Crippen molar-refractivity contribution in [3.63, 3.8) is 0 Å². The molecule has 210 valence electrons. The van der Waals surface area contributed by atoms with Crippen molar-refractivity contribution < 1.29 is 0 Å². The van der Waals surface area contributed by atoms with Crippen LogP contribution < -0.4 is 0 Å². The van der Waals surface area contributed by atoms with Gasteiger partial charge in [-0.15, -0.1) is 11.3 Å². The molecule has 0 fully saturated rings. The molecule has 0 atom stereocenters.